The average molecular weight is 260 g/mol. The van der Waals surface area contributed by atoms with Crippen molar-refractivity contribution in [1.82, 2.24) is 10.3 Å². The Morgan fingerprint density at radius 3 is 2.68 bits per heavy atom. The fraction of sp³-hybridized carbons (Fsp3) is 0.400. The maximum atomic E-state index is 5.66. The summed E-state index contributed by atoms with van der Waals surface area (Å²) in [6.45, 7) is 4.94. The number of pyridine rings is 1. The molecular formula is C15H20N2O2. The van der Waals surface area contributed by atoms with Gasteiger partial charge in [-0.3, -0.25) is 0 Å². The highest BCUT2D eigenvalue weighted by atomic mass is 16.5. The normalized spacial score (nSPS) is 10.8. The smallest absolute Gasteiger partial charge is 0.221 e. The number of benzene rings is 1. The van der Waals surface area contributed by atoms with Crippen LogP contribution in [0.3, 0.4) is 0 Å². The Morgan fingerprint density at radius 1 is 1.16 bits per heavy atom. The fourth-order valence-electron chi connectivity index (χ4n) is 1.96. The fourth-order valence-corrected chi connectivity index (χ4v) is 1.96. The van der Waals surface area contributed by atoms with Crippen LogP contribution in [0.5, 0.6) is 5.88 Å². The van der Waals surface area contributed by atoms with Crippen LogP contribution in [-0.4, -0.2) is 31.9 Å². The van der Waals surface area contributed by atoms with E-state index in [1.54, 1.807) is 7.11 Å². The molecule has 0 amide bonds. The summed E-state index contributed by atoms with van der Waals surface area (Å²) in [6, 6.07) is 8.19. The van der Waals surface area contributed by atoms with E-state index in [9.17, 15) is 0 Å². The molecule has 2 rings (SSSR count). The predicted molar refractivity (Wildman–Crippen MR) is 76.5 cm³/mol. The summed E-state index contributed by atoms with van der Waals surface area (Å²) >= 11 is 0. The van der Waals surface area contributed by atoms with E-state index in [0.29, 0.717) is 19.1 Å². The summed E-state index contributed by atoms with van der Waals surface area (Å²) < 4.78 is 10.7. The molecule has 0 atom stereocenters. The number of fused-ring (bicyclic) bond motifs is 1. The molecule has 0 fully saturated rings. The predicted octanol–water partition coefficient (Wildman–Crippen LogP) is 2.37. The highest BCUT2D eigenvalue weighted by Crippen LogP contribution is 2.25. The minimum absolute atomic E-state index is 0.514. The van der Waals surface area contributed by atoms with Crippen LogP contribution in [0.2, 0.25) is 0 Å². The number of nitrogens with one attached hydrogen (secondary N) is 1. The van der Waals surface area contributed by atoms with Gasteiger partial charge in [0.2, 0.25) is 5.88 Å². The second-order valence-electron chi connectivity index (χ2n) is 4.26. The minimum Gasteiger partial charge on any atom is -0.475 e. The van der Waals surface area contributed by atoms with Gasteiger partial charge in [-0.05, 0) is 23.6 Å². The van der Waals surface area contributed by atoms with Crippen molar-refractivity contribution in [2.45, 2.75) is 13.5 Å². The highest BCUT2D eigenvalue weighted by Gasteiger charge is 2.07. The van der Waals surface area contributed by atoms with Crippen LogP contribution in [0.25, 0.3) is 10.8 Å². The van der Waals surface area contributed by atoms with Crippen LogP contribution in [0.15, 0.2) is 30.5 Å². The van der Waals surface area contributed by atoms with Crippen molar-refractivity contribution in [3.8, 4) is 5.88 Å². The second kappa shape index (κ2) is 7.07. The molecule has 0 saturated carbocycles. The third-order valence-electron chi connectivity index (χ3n) is 2.93. The molecule has 1 aromatic carbocycles. The van der Waals surface area contributed by atoms with E-state index in [2.05, 4.69) is 23.3 Å². The molecule has 0 unspecified atom stereocenters. The Hall–Kier alpha value is -1.65. The molecule has 4 nitrogen and oxygen atoms in total. The molecule has 1 heterocycles. The SMILES string of the molecule is CCNCc1cnc(OCCOC)c2ccccc12. The van der Waals surface area contributed by atoms with Crippen molar-refractivity contribution in [1.29, 1.82) is 0 Å². The van der Waals surface area contributed by atoms with Gasteiger partial charge in [-0.25, -0.2) is 4.98 Å². The number of hydrogen-bond acceptors (Lipinski definition) is 4. The van der Waals surface area contributed by atoms with Crippen LogP contribution in [0.4, 0.5) is 0 Å². The number of ether oxygens (including phenoxy) is 2. The molecule has 0 aliphatic carbocycles. The Bertz CT molecular complexity index is 529. The lowest BCUT2D eigenvalue weighted by Gasteiger charge is -2.11. The number of methoxy groups -OCH3 is 1. The van der Waals surface area contributed by atoms with Crippen LogP contribution >= 0.6 is 0 Å². The van der Waals surface area contributed by atoms with Crippen molar-refractivity contribution in [3.05, 3.63) is 36.0 Å². The first kappa shape index (κ1) is 13.8. The molecule has 102 valence electrons. The van der Waals surface area contributed by atoms with Crippen molar-refractivity contribution in [3.63, 3.8) is 0 Å². The van der Waals surface area contributed by atoms with Crippen LogP contribution in [0.1, 0.15) is 12.5 Å². The topological polar surface area (TPSA) is 43.4 Å². The van der Waals surface area contributed by atoms with E-state index in [-0.39, 0.29) is 0 Å². The average Bonchev–Trinajstić information content (AvgIpc) is 2.46. The molecule has 4 heteroatoms. The zero-order valence-corrected chi connectivity index (χ0v) is 11.5. The van der Waals surface area contributed by atoms with E-state index in [4.69, 9.17) is 9.47 Å². The molecule has 1 aromatic heterocycles. The number of hydrogen-bond donors (Lipinski definition) is 1. The lowest BCUT2D eigenvalue weighted by atomic mass is 10.1. The monoisotopic (exact) mass is 260 g/mol. The van der Waals surface area contributed by atoms with Crippen LogP contribution in [-0.2, 0) is 11.3 Å². The first-order chi connectivity index (χ1) is 9.36. The zero-order chi connectivity index (χ0) is 13.5. The summed E-state index contributed by atoms with van der Waals surface area (Å²) in [5, 5.41) is 5.56. The van der Waals surface area contributed by atoms with E-state index in [1.807, 2.05) is 24.4 Å². The quantitative estimate of drug-likeness (QED) is 0.776. The standard InChI is InChI=1S/C15H20N2O2/c1-3-16-10-12-11-17-15(19-9-8-18-2)14-7-5-4-6-13(12)14/h4-7,11,16H,3,8-10H2,1-2H3. The number of rotatable bonds is 7. The molecule has 0 spiro atoms. The molecule has 2 aromatic rings. The Balaban J connectivity index is 2.29. The Morgan fingerprint density at radius 2 is 1.95 bits per heavy atom. The van der Waals surface area contributed by atoms with Crippen molar-refractivity contribution in [2.75, 3.05) is 26.9 Å². The van der Waals surface area contributed by atoms with Crippen molar-refractivity contribution < 1.29 is 9.47 Å². The van der Waals surface area contributed by atoms with Gasteiger partial charge in [0.15, 0.2) is 0 Å². The molecule has 0 bridgehead atoms. The van der Waals surface area contributed by atoms with Crippen molar-refractivity contribution >= 4 is 10.8 Å². The largest absolute Gasteiger partial charge is 0.475 e. The van der Waals surface area contributed by atoms with Gasteiger partial charge >= 0.3 is 0 Å². The zero-order valence-electron chi connectivity index (χ0n) is 11.5. The van der Waals surface area contributed by atoms with Crippen LogP contribution < -0.4 is 10.1 Å². The van der Waals surface area contributed by atoms with Gasteiger partial charge in [0.1, 0.15) is 6.61 Å². The van der Waals surface area contributed by atoms with Gasteiger partial charge in [0.25, 0.3) is 0 Å². The van der Waals surface area contributed by atoms with Crippen molar-refractivity contribution in [2.24, 2.45) is 0 Å². The summed E-state index contributed by atoms with van der Waals surface area (Å²) in [4.78, 5) is 4.41. The third kappa shape index (κ3) is 3.43. The van der Waals surface area contributed by atoms with E-state index in [0.717, 1.165) is 18.5 Å². The van der Waals surface area contributed by atoms with Gasteiger partial charge in [-0.15, -0.1) is 0 Å². The highest BCUT2D eigenvalue weighted by molar-refractivity contribution is 5.89. The molecule has 0 aliphatic heterocycles. The van der Waals surface area contributed by atoms with Crippen LogP contribution in [0, 0.1) is 0 Å². The minimum atomic E-state index is 0.514. The summed E-state index contributed by atoms with van der Waals surface area (Å²) in [6.07, 6.45) is 1.88. The third-order valence-corrected chi connectivity index (χ3v) is 2.93. The van der Waals surface area contributed by atoms with E-state index < -0.39 is 0 Å². The Labute approximate surface area is 113 Å². The first-order valence-electron chi connectivity index (χ1n) is 6.56. The lowest BCUT2D eigenvalue weighted by molar-refractivity contribution is 0.144. The Kier molecular flexibility index (Phi) is 5.12. The maximum absolute atomic E-state index is 5.66. The molecule has 0 radical (unpaired) electrons. The first-order valence-corrected chi connectivity index (χ1v) is 6.56. The maximum Gasteiger partial charge on any atom is 0.221 e. The molecule has 19 heavy (non-hydrogen) atoms. The molecular weight excluding hydrogens is 240 g/mol. The molecule has 1 N–H and O–H groups in total. The number of nitrogens with zero attached hydrogens (tertiary/aromatic N) is 1. The number of aromatic nitrogens is 1. The van der Waals surface area contributed by atoms with Gasteiger partial charge < -0.3 is 14.8 Å². The molecule has 0 aliphatic rings. The van der Waals surface area contributed by atoms with E-state index in [1.165, 1.54) is 10.9 Å². The van der Waals surface area contributed by atoms with Gasteiger partial charge in [0, 0.05) is 25.2 Å². The van der Waals surface area contributed by atoms with Gasteiger partial charge in [-0.1, -0.05) is 25.1 Å². The second-order valence-corrected chi connectivity index (χ2v) is 4.26. The lowest BCUT2D eigenvalue weighted by Crippen LogP contribution is -2.13. The summed E-state index contributed by atoms with van der Waals surface area (Å²) in [7, 11) is 1.66. The summed E-state index contributed by atoms with van der Waals surface area (Å²) in [5.41, 5.74) is 1.19. The van der Waals surface area contributed by atoms with Gasteiger partial charge in [-0.2, -0.15) is 0 Å². The summed E-state index contributed by atoms with van der Waals surface area (Å²) in [5.74, 6) is 0.674. The van der Waals surface area contributed by atoms with E-state index >= 15 is 0 Å². The molecule has 0 saturated heterocycles. The van der Waals surface area contributed by atoms with Gasteiger partial charge in [0.05, 0.1) is 6.61 Å².